The molecule has 0 aliphatic heterocycles. The molecule has 4 N–H and O–H groups in total. The van der Waals surface area contributed by atoms with E-state index in [1.165, 1.54) is 39.0 Å². The monoisotopic (exact) mass is 347 g/mol. The predicted molar refractivity (Wildman–Crippen MR) is 90.4 cm³/mol. The lowest BCUT2D eigenvalue weighted by molar-refractivity contribution is -0.838. The molecular formula is C15H19N6O2S+. The highest BCUT2D eigenvalue weighted by Gasteiger charge is 2.28. The molecule has 1 fully saturated rings. The van der Waals surface area contributed by atoms with Gasteiger partial charge in [0.25, 0.3) is 0 Å². The molecule has 9 heteroatoms. The highest BCUT2D eigenvalue weighted by molar-refractivity contribution is 8.13. The second kappa shape index (κ2) is 7.12. The van der Waals surface area contributed by atoms with E-state index in [1.54, 1.807) is 7.05 Å². The summed E-state index contributed by atoms with van der Waals surface area (Å²) in [5.74, 6) is 1.07. The van der Waals surface area contributed by atoms with E-state index in [0.29, 0.717) is 16.7 Å². The van der Waals surface area contributed by atoms with Crippen molar-refractivity contribution in [3.63, 3.8) is 0 Å². The van der Waals surface area contributed by atoms with Crippen molar-refractivity contribution in [1.82, 2.24) is 19.8 Å². The summed E-state index contributed by atoms with van der Waals surface area (Å²) in [4.78, 5) is 12.2. The van der Waals surface area contributed by atoms with Gasteiger partial charge in [0, 0.05) is 18.9 Å². The van der Waals surface area contributed by atoms with Crippen LogP contribution in [-0.4, -0.2) is 30.0 Å². The lowest BCUT2D eigenvalue weighted by atomic mass is 10.0. The highest BCUT2D eigenvalue weighted by atomic mass is 32.2. The summed E-state index contributed by atoms with van der Waals surface area (Å²) in [6.45, 7) is 0. The first-order valence-corrected chi connectivity index (χ1v) is 8.57. The van der Waals surface area contributed by atoms with Crippen LogP contribution in [0.15, 0.2) is 35.3 Å². The normalized spacial score (nSPS) is 14.4. The number of nitrogens with two attached hydrogens (primary N) is 1. The fourth-order valence-corrected chi connectivity index (χ4v) is 3.31. The molecule has 0 spiro atoms. The maximum Gasteiger partial charge on any atom is 0.368 e. The Morgan fingerprint density at radius 1 is 1.50 bits per heavy atom. The fraction of sp³-hybridized carbons (Fsp3) is 0.333. The van der Waals surface area contributed by atoms with Gasteiger partial charge in [-0.25, -0.2) is 10.0 Å². The van der Waals surface area contributed by atoms with Gasteiger partial charge in [0.2, 0.25) is 0 Å². The van der Waals surface area contributed by atoms with Crippen LogP contribution in [0.2, 0.25) is 0 Å². The summed E-state index contributed by atoms with van der Waals surface area (Å²) < 4.78 is 2.51. The number of nitrogens with zero attached hydrogens (tertiary/aromatic N) is 4. The van der Waals surface area contributed by atoms with Crippen molar-refractivity contribution in [2.24, 2.45) is 7.05 Å². The van der Waals surface area contributed by atoms with Gasteiger partial charge >= 0.3 is 5.69 Å². The Bertz CT molecular complexity index is 837. The van der Waals surface area contributed by atoms with Gasteiger partial charge in [-0.05, 0) is 46.4 Å². The van der Waals surface area contributed by atoms with E-state index < -0.39 is 0 Å². The molecule has 1 saturated carbocycles. The number of quaternary nitrogens is 1. The third-order valence-corrected chi connectivity index (χ3v) is 4.74. The molecule has 0 saturated heterocycles. The van der Waals surface area contributed by atoms with Crippen LogP contribution in [0.5, 0.6) is 0 Å². The number of hydroxylamine groups is 1. The Balaban J connectivity index is 1.96. The van der Waals surface area contributed by atoms with Crippen molar-refractivity contribution >= 4 is 16.8 Å². The van der Waals surface area contributed by atoms with Crippen LogP contribution < -0.4 is 11.2 Å². The van der Waals surface area contributed by atoms with E-state index in [1.807, 2.05) is 12.1 Å². The number of aryl methyl sites for hydroxylation is 1. The number of rotatable bonds is 6. The molecule has 1 aromatic carbocycles. The number of thioether (sulfide) groups is 1. The minimum atomic E-state index is -0.293. The Morgan fingerprint density at radius 3 is 2.92 bits per heavy atom. The standard InChI is InChI=1S/C15H18N6O2S/c1-20-15(22)21(19-18-20)13-4-2-3-11(10-5-6-10)12(13)9-24-14(16)7-8-17-23/h2-4,7-8,10,16-17,23H,5-6,9H2,1H3/p+1/b8-7-,16-14?. The molecule has 3 rings (SSSR count). The molecule has 0 unspecified atom stereocenters. The van der Waals surface area contributed by atoms with E-state index in [-0.39, 0.29) is 5.69 Å². The maximum atomic E-state index is 12.2. The van der Waals surface area contributed by atoms with Gasteiger partial charge in [0.05, 0.1) is 10.7 Å². The van der Waals surface area contributed by atoms with Crippen LogP contribution in [0, 0.1) is 5.41 Å². The van der Waals surface area contributed by atoms with Gasteiger partial charge in [0.1, 0.15) is 6.20 Å². The zero-order valence-corrected chi connectivity index (χ0v) is 14.0. The Kier molecular flexibility index (Phi) is 4.93. The zero-order chi connectivity index (χ0) is 17.1. The largest absolute Gasteiger partial charge is 0.368 e. The van der Waals surface area contributed by atoms with E-state index in [2.05, 4.69) is 16.5 Å². The van der Waals surface area contributed by atoms with Crippen LogP contribution in [0.4, 0.5) is 0 Å². The van der Waals surface area contributed by atoms with Crippen molar-refractivity contribution in [2.75, 3.05) is 0 Å². The number of nitrogens with one attached hydrogen (secondary N) is 1. The Labute approximate surface area is 142 Å². The van der Waals surface area contributed by atoms with Crippen LogP contribution >= 0.6 is 11.8 Å². The lowest BCUT2D eigenvalue weighted by Crippen LogP contribution is -2.73. The number of hydrogen-bond donors (Lipinski definition) is 3. The summed E-state index contributed by atoms with van der Waals surface area (Å²) in [6.07, 6.45) is 5.23. The fourth-order valence-electron chi connectivity index (χ4n) is 2.52. The van der Waals surface area contributed by atoms with Crippen molar-refractivity contribution < 1.29 is 10.7 Å². The van der Waals surface area contributed by atoms with Crippen molar-refractivity contribution in [1.29, 1.82) is 5.41 Å². The molecule has 0 radical (unpaired) electrons. The summed E-state index contributed by atoms with van der Waals surface area (Å²) in [5, 5.41) is 24.6. The van der Waals surface area contributed by atoms with E-state index in [9.17, 15) is 4.79 Å². The van der Waals surface area contributed by atoms with Crippen LogP contribution in [-0.2, 0) is 12.8 Å². The van der Waals surface area contributed by atoms with Gasteiger partial charge in [-0.15, -0.1) is 11.8 Å². The van der Waals surface area contributed by atoms with Gasteiger partial charge < -0.3 is 0 Å². The van der Waals surface area contributed by atoms with Crippen LogP contribution in [0.1, 0.15) is 29.9 Å². The quantitative estimate of drug-likeness (QED) is 0.400. The molecule has 0 atom stereocenters. The number of tetrazole rings is 1. The molecule has 0 bridgehead atoms. The molecule has 2 aromatic rings. The lowest BCUT2D eigenvalue weighted by Gasteiger charge is -2.13. The highest BCUT2D eigenvalue weighted by Crippen LogP contribution is 2.43. The Morgan fingerprint density at radius 2 is 2.29 bits per heavy atom. The van der Waals surface area contributed by atoms with E-state index in [4.69, 9.17) is 10.6 Å². The van der Waals surface area contributed by atoms with Gasteiger partial charge in [0.15, 0.2) is 0 Å². The second-order valence-corrected chi connectivity index (χ2v) is 6.59. The molecule has 1 aliphatic rings. The first kappa shape index (κ1) is 16.6. The number of aromatic nitrogens is 4. The summed E-state index contributed by atoms with van der Waals surface area (Å²) in [5.41, 5.74) is 3.55. The third kappa shape index (κ3) is 3.48. The van der Waals surface area contributed by atoms with Crippen LogP contribution in [0.3, 0.4) is 0 Å². The minimum absolute atomic E-state index is 0.293. The average Bonchev–Trinajstić information content (AvgIpc) is 3.38. The second-order valence-electron chi connectivity index (χ2n) is 5.58. The topological polar surface area (TPSA) is 113 Å². The molecular weight excluding hydrogens is 328 g/mol. The van der Waals surface area contributed by atoms with Gasteiger partial charge in [-0.2, -0.15) is 14.8 Å². The van der Waals surface area contributed by atoms with Crippen molar-refractivity contribution in [3.8, 4) is 5.69 Å². The molecule has 1 aliphatic carbocycles. The van der Waals surface area contributed by atoms with Gasteiger partial charge in [-0.3, -0.25) is 5.41 Å². The third-order valence-electron chi connectivity index (χ3n) is 3.86. The SMILES string of the molecule is Cn1nnn(-c2cccc(C3CC3)c2CSC(=N)/C=C\[NH2+]O)c1=O. The zero-order valence-electron chi connectivity index (χ0n) is 13.2. The first-order valence-electron chi connectivity index (χ1n) is 7.58. The summed E-state index contributed by atoms with van der Waals surface area (Å²) in [7, 11) is 1.57. The molecule has 24 heavy (non-hydrogen) atoms. The Hall–Kier alpha value is -2.23. The van der Waals surface area contributed by atoms with Gasteiger partial charge in [-0.1, -0.05) is 12.1 Å². The van der Waals surface area contributed by atoms with Crippen molar-refractivity contribution in [2.45, 2.75) is 24.5 Å². The molecule has 126 valence electrons. The summed E-state index contributed by atoms with van der Waals surface area (Å²) >= 11 is 1.35. The van der Waals surface area contributed by atoms with E-state index >= 15 is 0 Å². The maximum absolute atomic E-state index is 12.2. The molecule has 1 aromatic heterocycles. The minimum Gasteiger partial charge on any atom is -0.294 e. The summed E-state index contributed by atoms with van der Waals surface area (Å²) in [6, 6.07) is 5.88. The predicted octanol–water partition coefficient (Wildman–Crippen LogP) is 0.520. The molecule has 8 nitrogen and oxygen atoms in total. The average molecular weight is 347 g/mol. The van der Waals surface area contributed by atoms with Crippen molar-refractivity contribution in [3.05, 3.63) is 52.1 Å². The number of benzene rings is 1. The van der Waals surface area contributed by atoms with E-state index in [0.717, 1.165) is 29.6 Å². The smallest absolute Gasteiger partial charge is 0.294 e. The molecule has 0 amide bonds. The molecule has 1 heterocycles. The van der Waals surface area contributed by atoms with Crippen LogP contribution in [0.25, 0.3) is 5.69 Å². The first-order chi connectivity index (χ1) is 11.6. The number of hydrogen-bond acceptors (Lipinski definition) is 6.